The molecule has 1 aromatic carbocycles. The Morgan fingerprint density at radius 2 is 2.05 bits per heavy atom. The lowest BCUT2D eigenvalue weighted by Crippen LogP contribution is -2.19. The number of hydrogen-bond donors (Lipinski definition) is 1. The van der Waals surface area contributed by atoms with Crippen LogP contribution in [0.15, 0.2) is 41.1 Å². The Bertz CT molecular complexity index is 465. The van der Waals surface area contributed by atoms with Crippen LogP contribution in [0.4, 0.5) is 0 Å². The van der Waals surface area contributed by atoms with Gasteiger partial charge in [-0.25, -0.2) is 0 Å². The first-order valence-corrected chi connectivity index (χ1v) is 8.80. The van der Waals surface area contributed by atoms with Crippen LogP contribution in [0.25, 0.3) is 0 Å². The van der Waals surface area contributed by atoms with Crippen LogP contribution in [0.2, 0.25) is 0 Å². The number of aryl methyl sites for hydroxylation is 1. The Hall–Kier alpha value is -0.770. The van der Waals surface area contributed by atoms with Crippen molar-refractivity contribution in [1.29, 1.82) is 0 Å². The van der Waals surface area contributed by atoms with Crippen molar-refractivity contribution < 1.29 is 0 Å². The second-order valence-electron chi connectivity index (χ2n) is 4.61. The molecule has 0 radical (unpaired) electrons. The Morgan fingerprint density at radius 1 is 1.16 bits per heavy atom. The summed E-state index contributed by atoms with van der Waals surface area (Å²) in [7, 11) is 0. The maximum absolute atomic E-state index is 3.51. The molecule has 0 bridgehead atoms. The zero-order chi connectivity index (χ0) is 13.3. The molecule has 0 spiro atoms. The van der Waals surface area contributed by atoms with Gasteiger partial charge in [0.15, 0.2) is 0 Å². The highest BCUT2D eigenvalue weighted by Gasteiger charge is 1.97. The summed E-state index contributed by atoms with van der Waals surface area (Å²) in [6, 6.07) is 10.9. The monoisotopic (exact) mass is 291 g/mol. The SMILES string of the molecule is Cc1ccccc1CSCCNCCc1ccsc1. The molecule has 0 atom stereocenters. The standard InChI is InChI=1S/C16H21NS2/c1-14-4-2-3-5-16(14)13-19-11-9-17-8-6-15-7-10-18-12-15/h2-5,7,10,12,17H,6,8-9,11,13H2,1H3. The van der Waals surface area contributed by atoms with Gasteiger partial charge in [-0.1, -0.05) is 24.3 Å². The molecule has 2 aromatic rings. The largest absolute Gasteiger partial charge is 0.316 e. The first kappa shape index (κ1) is 14.6. The van der Waals surface area contributed by atoms with Crippen molar-refractivity contribution in [2.75, 3.05) is 18.8 Å². The Labute approximate surface area is 124 Å². The molecule has 0 saturated heterocycles. The van der Waals surface area contributed by atoms with Crippen molar-refractivity contribution >= 4 is 23.1 Å². The second kappa shape index (κ2) is 8.41. The quantitative estimate of drug-likeness (QED) is 0.734. The lowest BCUT2D eigenvalue weighted by Gasteiger charge is -2.06. The van der Waals surface area contributed by atoms with E-state index < -0.39 is 0 Å². The fourth-order valence-electron chi connectivity index (χ4n) is 1.89. The maximum Gasteiger partial charge on any atom is 0.0187 e. The fraction of sp³-hybridized carbons (Fsp3) is 0.375. The summed E-state index contributed by atoms with van der Waals surface area (Å²) < 4.78 is 0. The Morgan fingerprint density at radius 3 is 2.84 bits per heavy atom. The Balaban J connectivity index is 1.52. The first-order chi connectivity index (χ1) is 9.36. The van der Waals surface area contributed by atoms with E-state index in [0.717, 1.165) is 25.3 Å². The second-order valence-corrected chi connectivity index (χ2v) is 6.50. The molecule has 0 saturated carbocycles. The van der Waals surface area contributed by atoms with E-state index in [4.69, 9.17) is 0 Å². The summed E-state index contributed by atoms with van der Waals surface area (Å²) in [5.41, 5.74) is 4.32. The third kappa shape index (κ3) is 5.39. The van der Waals surface area contributed by atoms with Crippen molar-refractivity contribution in [3.63, 3.8) is 0 Å². The highest BCUT2D eigenvalue weighted by molar-refractivity contribution is 7.98. The van der Waals surface area contributed by atoms with E-state index in [-0.39, 0.29) is 0 Å². The van der Waals surface area contributed by atoms with Crippen LogP contribution < -0.4 is 5.32 Å². The molecule has 0 fully saturated rings. The molecule has 1 N–H and O–H groups in total. The van der Waals surface area contributed by atoms with E-state index in [2.05, 4.69) is 53.3 Å². The number of rotatable bonds is 8. The summed E-state index contributed by atoms with van der Waals surface area (Å²) >= 11 is 3.79. The van der Waals surface area contributed by atoms with Crippen molar-refractivity contribution in [1.82, 2.24) is 5.32 Å². The van der Waals surface area contributed by atoms with E-state index in [1.54, 1.807) is 11.3 Å². The van der Waals surface area contributed by atoms with Gasteiger partial charge in [0.2, 0.25) is 0 Å². The van der Waals surface area contributed by atoms with Crippen LogP contribution in [-0.2, 0) is 12.2 Å². The van der Waals surface area contributed by atoms with Crippen LogP contribution in [0.5, 0.6) is 0 Å². The summed E-state index contributed by atoms with van der Waals surface area (Å²) in [5, 5.41) is 7.89. The molecule has 1 heterocycles. The van der Waals surface area contributed by atoms with E-state index in [1.807, 2.05) is 11.8 Å². The number of benzene rings is 1. The molecule has 3 heteroatoms. The van der Waals surface area contributed by atoms with Gasteiger partial charge in [0.1, 0.15) is 0 Å². The van der Waals surface area contributed by atoms with Crippen LogP contribution in [-0.4, -0.2) is 18.8 Å². The van der Waals surface area contributed by atoms with Crippen molar-refractivity contribution in [3.05, 3.63) is 57.8 Å². The van der Waals surface area contributed by atoms with Gasteiger partial charge in [-0.3, -0.25) is 0 Å². The van der Waals surface area contributed by atoms with Gasteiger partial charge in [-0.15, -0.1) is 0 Å². The van der Waals surface area contributed by atoms with Crippen molar-refractivity contribution in [3.8, 4) is 0 Å². The number of nitrogens with one attached hydrogen (secondary N) is 1. The average molecular weight is 291 g/mol. The zero-order valence-corrected chi connectivity index (χ0v) is 13.0. The van der Waals surface area contributed by atoms with Gasteiger partial charge in [0.05, 0.1) is 0 Å². The summed E-state index contributed by atoms with van der Waals surface area (Å²) in [6.45, 7) is 4.37. The fourth-order valence-corrected chi connectivity index (χ4v) is 3.57. The highest BCUT2D eigenvalue weighted by atomic mass is 32.2. The molecule has 2 rings (SSSR count). The predicted molar refractivity (Wildman–Crippen MR) is 88.2 cm³/mol. The molecule has 0 aliphatic heterocycles. The highest BCUT2D eigenvalue weighted by Crippen LogP contribution is 2.15. The Kier molecular flexibility index (Phi) is 6.48. The van der Waals surface area contributed by atoms with Crippen LogP contribution in [0, 0.1) is 6.92 Å². The maximum atomic E-state index is 3.51. The molecule has 0 aliphatic rings. The van der Waals surface area contributed by atoms with Gasteiger partial charge in [0, 0.05) is 18.1 Å². The molecule has 102 valence electrons. The summed E-state index contributed by atoms with van der Waals surface area (Å²) in [5.74, 6) is 2.30. The minimum absolute atomic E-state index is 1.08. The van der Waals surface area contributed by atoms with Crippen molar-refractivity contribution in [2.45, 2.75) is 19.1 Å². The van der Waals surface area contributed by atoms with E-state index >= 15 is 0 Å². The minimum Gasteiger partial charge on any atom is -0.316 e. The summed E-state index contributed by atoms with van der Waals surface area (Å²) in [6.07, 6.45) is 1.14. The molecule has 0 unspecified atom stereocenters. The molecular weight excluding hydrogens is 270 g/mol. The molecule has 19 heavy (non-hydrogen) atoms. The van der Waals surface area contributed by atoms with Crippen LogP contribution in [0.3, 0.4) is 0 Å². The first-order valence-electron chi connectivity index (χ1n) is 6.70. The van der Waals surface area contributed by atoms with Crippen LogP contribution in [0.1, 0.15) is 16.7 Å². The summed E-state index contributed by atoms with van der Waals surface area (Å²) in [4.78, 5) is 0. The molecule has 1 nitrogen and oxygen atoms in total. The third-order valence-corrected chi connectivity index (χ3v) is 4.85. The van der Waals surface area contributed by atoms with Gasteiger partial charge >= 0.3 is 0 Å². The van der Waals surface area contributed by atoms with E-state index in [1.165, 1.54) is 22.4 Å². The lowest BCUT2D eigenvalue weighted by atomic mass is 10.1. The average Bonchev–Trinajstić information content (AvgIpc) is 2.93. The number of thiophene rings is 1. The normalized spacial score (nSPS) is 10.8. The minimum atomic E-state index is 1.08. The molecule has 1 aromatic heterocycles. The van der Waals surface area contributed by atoms with E-state index in [9.17, 15) is 0 Å². The van der Waals surface area contributed by atoms with Crippen molar-refractivity contribution in [2.24, 2.45) is 0 Å². The topological polar surface area (TPSA) is 12.0 Å². The van der Waals surface area contributed by atoms with Gasteiger partial charge in [-0.2, -0.15) is 23.1 Å². The smallest absolute Gasteiger partial charge is 0.0187 e. The molecule has 0 aliphatic carbocycles. The van der Waals surface area contributed by atoms with Gasteiger partial charge in [-0.05, 0) is 53.4 Å². The van der Waals surface area contributed by atoms with Gasteiger partial charge in [0.25, 0.3) is 0 Å². The molecule has 0 amide bonds. The number of thioether (sulfide) groups is 1. The van der Waals surface area contributed by atoms with Gasteiger partial charge < -0.3 is 5.32 Å². The zero-order valence-electron chi connectivity index (χ0n) is 11.4. The van der Waals surface area contributed by atoms with E-state index in [0.29, 0.717) is 0 Å². The van der Waals surface area contributed by atoms with Crippen LogP contribution >= 0.6 is 23.1 Å². The number of hydrogen-bond acceptors (Lipinski definition) is 3. The third-order valence-electron chi connectivity index (χ3n) is 3.11. The lowest BCUT2D eigenvalue weighted by molar-refractivity contribution is 0.722. The molecular formula is C16H21NS2. The predicted octanol–water partition coefficient (Wildman–Crippen LogP) is 4.12.